The molecule has 2 aliphatic rings. The number of aromatic nitrogens is 4. The van der Waals surface area contributed by atoms with Crippen LogP contribution in [0.1, 0.15) is 12.0 Å². The van der Waals surface area contributed by atoms with Crippen LogP contribution >= 0.6 is 35.0 Å². The van der Waals surface area contributed by atoms with Gasteiger partial charge in [-0.25, -0.2) is 9.36 Å². The van der Waals surface area contributed by atoms with E-state index in [2.05, 4.69) is 10.2 Å². The van der Waals surface area contributed by atoms with Crippen LogP contribution < -0.4 is 9.74 Å². The molecule has 0 radical (unpaired) electrons. The highest BCUT2D eigenvalue weighted by Gasteiger charge is 2.31. The van der Waals surface area contributed by atoms with Crippen molar-refractivity contribution in [3.05, 3.63) is 98.8 Å². The van der Waals surface area contributed by atoms with Gasteiger partial charge in [-0.1, -0.05) is 35.3 Å². The molecule has 3 aromatic carbocycles. The Bertz CT molecular complexity index is 2010. The van der Waals surface area contributed by atoms with E-state index in [-0.39, 0.29) is 51.0 Å². The Kier molecular flexibility index (Phi) is 9.37. The lowest BCUT2D eigenvalue weighted by molar-refractivity contribution is -0.130. The maximum Gasteiger partial charge on any atom is 0.446 e. The molecule has 0 aliphatic carbocycles. The van der Waals surface area contributed by atoms with Gasteiger partial charge in [0.15, 0.2) is 5.69 Å². The van der Waals surface area contributed by atoms with Crippen LogP contribution in [0.25, 0.3) is 28.3 Å². The van der Waals surface area contributed by atoms with Crippen LogP contribution in [-0.4, -0.2) is 45.4 Å². The van der Waals surface area contributed by atoms with E-state index in [4.69, 9.17) is 27.4 Å². The topological polar surface area (TPSA) is 96.1 Å². The molecule has 2 aliphatic heterocycles. The fraction of sp³-hybridized carbons (Fsp3) is 0.179. The average Bonchev–Trinajstić information content (AvgIpc) is 3.25. The Labute approximate surface area is 271 Å². The van der Waals surface area contributed by atoms with E-state index in [0.717, 1.165) is 4.68 Å². The number of nitrogens with zero attached hydrogens (tertiary/aromatic N) is 4. The number of hydrogen-bond donors (Lipinski definition) is 0. The molecule has 3 aromatic rings. The summed E-state index contributed by atoms with van der Waals surface area (Å²) >= 11 is 12.3. The monoisotopic (exact) mass is 722 g/mol. The number of benzene rings is 3. The van der Waals surface area contributed by atoms with Crippen molar-refractivity contribution in [3.63, 3.8) is 0 Å². The van der Waals surface area contributed by atoms with Gasteiger partial charge >= 0.3 is 21.8 Å². The minimum absolute atomic E-state index is 0.0215. The highest BCUT2D eigenvalue weighted by Crippen LogP contribution is 2.37. The summed E-state index contributed by atoms with van der Waals surface area (Å²) in [5.41, 5.74) is -3.41. The molecule has 8 nitrogen and oxygen atoms in total. The minimum Gasteiger partial charge on any atom is -0.382 e. The third-order valence-corrected chi connectivity index (χ3v) is 8.68. The van der Waals surface area contributed by atoms with E-state index < -0.39 is 39.5 Å². The second-order valence-electron chi connectivity index (χ2n) is 9.66. The van der Waals surface area contributed by atoms with E-state index >= 15 is 0 Å². The number of alkyl halides is 6. The Morgan fingerprint density at radius 1 is 0.870 bits per heavy atom. The van der Waals surface area contributed by atoms with Crippen LogP contribution in [0.3, 0.4) is 0 Å². The number of hydrogen-bond acceptors (Lipinski definition) is 7. The van der Waals surface area contributed by atoms with Gasteiger partial charge in [0.05, 0.1) is 35.1 Å². The van der Waals surface area contributed by atoms with Crippen molar-refractivity contribution < 1.29 is 38.9 Å². The first-order valence-corrected chi connectivity index (χ1v) is 16.0. The summed E-state index contributed by atoms with van der Waals surface area (Å²) in [5.74, 6) is -1.52. The molecule has 0 fully saturated rings. The van der Waals surface area contributed by atoms with E-state index in [1.54, 1.807) is 12.1 Å². The molecule has 0 atom stereocenters. The van der Waals surface area contributed by atoms with Gasteiger partial charge in [0.1, 0.15) is 11.4 Å². The SMILES string of the molecule is O=c1c2nn(-c3ccc(OS(=O)(=O)CCC(F)(F)F)cc3)c(-c3ccc(Cl)cc3Cl)cc-2nn1Cc1ccc(SC(F)(F)F)cc1. The second-order valence-corrected chi connectivity index (χ2v) is 13.3. The summed E-state index contributed by atoms with van der Waals surface area (Å²) in [4.78, 5) is 13.3. The maximum atomic E-state index is 13.3. The maximum absolute atomic E-state index is 13.3. The first-order valence-electron chi connectivity index (χ1n) is 12.9. The summed E-state index contributed by atoms with van der Waals surface area (Å²) in [5, 5.41) is 9.39. The molecule has 0 aromatic heterocycles. The van der Waals surface area contributed by atoms with Crippen LogP contribution in [0, 0.1) is 0 Å². The third kappa shape index (κ3) is 8.34. The summed E-state index contributed by atoms with van der Waals surface area (Å²) in [6.07, 6.45) is -6.26. The zero-order valence-corrected chi connectivity index (χ0v) is 26.0. The van der Waals surface area contributed by atoms with Gasteiger partial charge in [0.25, 0.3) is 5.56 Å². The smallest absolute Gasteiger partial charge is 0.382 e. The summed E-state index contributed by atoms with van der Waals surface area (Å²) in [6, 6.07) is 16.8. The van der Waals surface area contributed by atoms with Crippen LogP contribution in [0.4, 0.5) is 26.3 Å². The summed E-state index contributed by atoms with van der Waals surface area (Å²) in [7, 11) is -4.55. The van der Waals surface area contributed by atoms with Crippen LogP contribution in [0.15, 0.2) is 82.5 Å². The van der Waals surface area contributed by atoms with Crippen molar-refractivity contribution in [2.45, 2.75) is 29.5 Å². The quantitative estimate of drug-likeness (QED) is 0.0870. The van der Waals surface area contributed by atoms with Crippen molar-refractivity contribution in [1.29, 1.82) is 0 Å². The third-order valence-electron chi connectivity index (χ3n) is 6.25. The van der Waals surface area contributed by atoms with E-state index in [0.29, 0.717) is 21.8 Å². The lowest BCUT2D eigenvalue weighted by Crippen LogP contribution is -2.20. The van der Waals surface area contributed by atoms with Crippen LogP contribution in [0.5, 0.6) is 5.75 Å². The van der Waals surface area contributed by atoms with Crippen molar-refractivity contribution >= 4 is 45.1 Å². The molecule has 0 saturated carbocycles. The van der Waals surface area contributed by atoms with E-state index in [1.807, 2.05) is 0 Å². The first-order chi connectivity index (χ1) is 21.5. The van der Waals surface area contributed by atoms with Crippen molar-refractivity contribution in [2.24, 2.45) is 0 Å². The lowest BCUT2D eigenvalue weighted by atomic mass is 10.1. The van der Waals surface area contributed by atoms with E-state index in [1.165, 1.54) is 65.3 Å². The molecule has 0 unspecified atom stereocenters. The number of rotatable bonds is 9. The highest BCUT2D eigenvalue weighted by atomic mass is 35.5. The summed E-state index contributed by atoms with van der Waals surface area (Å²) < 4.78 is 107. The largest absolute Gasteiger partial charge is 0.446 e. The highest BCUT2D eigenvalue weighted by molar-refractivity contribution is 8.00. The van der Waals surface area contributed by atoms with Gasteiger partial charge in [-0.05, 0) is 78.0 Å². The predicted molar refractivity (Wildman–Crippen MR) is 160 cm³/mol. The fourth-order valence-corrected chi connectivity index (χ4v) is 6.24. The molecule has 5 rings (SSSR count). The molecular weight excluding hydrogens is 705 g/mol. The predicted octanol–water partition coefficient (Wildman–Crippen LogP) is 7.83. The van der Waals surface area contributed by atoms with Gasteiger partial charge in [-0.2, -0.15) is 45.0 Å². The fourth-order valence-electron chi connectivity index (χ4n) is 4.22. The Hall–Kier alpha value is -3.73. The molecule has 46 heavy (non-hydrogen) atoms. The van der Waals surface area contributed by atoms with Gasteiger partial charge in [0, 0.05) is 15.5 Å². The van der Waals surface area contributed by atoms with Crippen molar-refractivity contribution in [3.8, 4) is 34.1 Å². The molecule has 2 heterocycles. The number of fused-ring (bicyclic) bond motifs is 1. The normalized spacial score (nSPS) is 12.5. The second kappa shape index (κ2) is 12.8. The Morgan fingerprint density at radius 2 is 1.54 bits per heavy atom. The Balaban J connectivity index is 1.52. The first kappa shape index (κ1) is 33.6. The molecule has 0 N–H and O–H groups in total. The summed E-state index contributed by atoms with van der Waals surface area (Å²) in [6.45, 7) is -0.0714. The Morgan fingerprint density at radius 3 is 2.15 bits per heavy atom. The van der Waals surface area contributed by atoms with Gasteiger partial charge in [0.2, 0.25) is 0 Å². The molecule has 0 bridgehead atoms. The molecule has 0 amide bonds. The van der Waals surface area contributed by atoms with Crippen LogP contribution in [0.2, 0.25) is 10.0 Å². The lowest BCUT2D eigenvalue weighted by Gasteiger charge is -2.16. The van der Waals surface area contributed by atoms with Crippen molar-refractivity contribution in [2.75, 3.05) is 5.75 Å². The van der Waals surface area contributed by atoms with Crippen LogP contribution in [-0.2, 0) is 16.7 Å². The zero-order chi connectivity index (χ0) is 33.4. The number of thioether (sulfide) groups is 1. The average molecular weight is 724 g/mol. The van der Waals surface area contributed by atoms with Gasteiger partial charge in [-0.15, -0.1) is 0 Å². The van der Waals surface area contributed by atoms with E-state index in [9.17, 15) is 39.6 Å². The standard InChI is InChI=1S/C28H18Cl2F6N4O4S2/c29-17-3-10-21(22(30)13-17)24-14-23-25(26(41)39(37-23)15-16-1-8-20(9-2-16)45-28(34,35)36)38-40(24)18-4-6-19(7-5-18)44-46(42,43)12-11-27(31,32)33/h1-10,13-14H,11-12,15H2. The molecule has 18 heteroatoms. The molecule has 242 valence electrons. The van der Waals surface area contributed by atoms with Gasteiger partial charge in [-0.3, -0.25) is 4.79 Å². The minimum atomic E-state index is -4.69. The van der Waals surface area contributed by atoms with Crippen molar-refractivity contribution in [1.82, 2.24) is 19.6 Å². The number of halogens is 8. The molecular formula is C28H18Cl2F6N4O4S2. The van der Waals surface area contributed by atoms with Gasteiger partial charge < -0.3 is 4.18 Å². The zero-order valence-electron chi connectivity index (χ0n) is 22.8. The molecule has 0 spiro atoms. The molecule has 0 saturated heterocycles.